The third-order valence-electron chi connectivity index (χ3n) is 3.13. The van der Waals surface area contributed by atoms with Crippen LogP contribution in [0.5, 0.6) is 0 Å². The van der Waals surface area contributed by atoms with Crippen LogP contribution in [-0.4, -0.2) is 48.8 Å². The van der Waals surface area contributed by atoms with Crippen LogP contribution < -0.4 is 10.6 Å². The molecule has 1 aromatic rings. The Balaban J connectivity index is 1.91. The van der Waals surface area contributed by atoms with Gasteiger partial charge in [0.05, 0.1) is 6.10 Å². The van der Waals surface area contributed by atoms with Crippen LogP contribution in [0.1, 0.15) is 6.92 Å². The van der Waals surface area contributed by atoms with E-state index >= 15 is 0 Å². The first-order valence-electron chi connectivity index (χ1n) is 6.16. The Hall–Kier alpha value is -1.26. The summed E-state index contributed by atoms with van der Waals surface area (Å²) in [5, 5.41) is 9.35. The number of β-amino-alcohol motifs (C(OH)–C–C–N with tert-alkyl or cyclic N) is 1. The number of aliphatic hydroxyl groups excluding tert-OH is 1. The molecule has 1 heterocycles. The van der Waals surface area contributed by atoms with Crippen molar-refractivity contribution in [3.05, 3.63) is 24.3 Å². The molecule has 94 valence electrons. The van der Waals surface area contributed by atoms with Gasteiger partial charge in [-0.3, -0.25) is 4.90 Å². The van der Waals surface area contributed by atoms with Crippen molar-refractivity contribution >= 4 is 11.4 Å². The maximum Gasteiger partial charge on any atom is 0.0639 e. The Morgan fingerprint density at radius 2 is 2.00 bits per heavy atom. The summed E-state index contributed by atoms with van der Waals surface area (Å²) in [6.07, 6.45) is -0.242. The summed E-state index contributed by atoms with van der Waals surface area (Å²) in [4.78, 5) is 4.64. The number of nitrogens with two attached hydrogens (primary N) is 1. The van der Waals surface area contributed by atoms with Gasteiger partial charge in [0.25, 0.3) is 0 Å². The van der Waals surface area contributed by atoms with E-state index in [9.17, 15) is 5.11 Å². The van der Waals surface area contributed by atoms with Crippen LogP contribution in [0.2, 0.25) is 0 Å². The highest BCUT2D eigenvalue weighted by Gasteiger charge is 2.17. The molecule has 0 spiro atoms. The average Bonchev–Trinajstić information content (AvgIpc) is 2.29. The zero-order chi connectivity index (χ0) is 12.3. The van der Waals surface area contributed by atoms with E-state index in [1.54, 1.807) is 0 Å². The lowest BCUT2D eigenvalue weighted by Gasteiger charge is -2.36. The summed E-state index contributed by atoms with van der Waals surface area (Å²) in [6.45, 7) is 6.60. The molecule has 1 saturated heterocycles. The minimum Gasteiger partial charge on any atom is -0.399 e. The monoisotopic (exact) mass is 235 g/mol. The minimum absolute atomic E-state index is 0.242. The second-order valence-corrected chi connectivity index (χ2v) is 4.73. The standard InChI is InChI=1S/C13H21N3O/c1-11(17)10-15-5-7-16(8-6-15)13-4-2-3-12(14)9-13/h2-4,9,11,17H,5-8,10,14H2,1H3. The van der Waals surface area contributed by atoms with Crippen LogP contribution in [-0.2, 0) is 0 Å². The van der Waals surface area contributed by atoms with Gasteiger partial charge in [-0.05, 0) is 25.1 Å². The molecule has 1 fully saturated rings. The molecule has 1 aliphatic rings. The molecule has 0 aromatic heterocycles. The lowest BCUT2D eigenvalue weighted by atomic mass is 10.2. The highest BCUT2D eigenvalue weighted by atomic mass is 16.3. The van der Waals surface area contributed by atoms with Crippen molar-refractivity contribution < 1.29 is 5.11 Å². The maximum atomic E-state index is 9.35. The van der Waals surface area contributed by atoms with Gasteiger partial charge in [0.2, 0.25) is 0 Å². The van der Waals surface area contributed by atoms with Crippen molar-refractivity contribution in [2.75, 3.05) is 43.4 Å². The number of rotatable bonds is 3. The van der Waals surface area contributed by atoms with Crippen molar-refractivity contribution in [2.45, 2.75) is 13.0 Å². The normalized spacial score (nSPS) is 19.3. The van der Waals surface area contributed by atoms with E-state index in [1.165, 1.54) is 5.69 Å². The molecule has 1 atom stereocenters. The average molecular weight is 235 g/mol. The van der Waals surface area contributed by atoms with E-state index in [1.807, 2.05) is 25.1 Å². The zero-order valence-corrected chi connectivity index (χ0v) is 10.3. The van der Waals surface area contributed by atoms with Gasteiger partial charge in [0.15, 0.2) is 0 Å². The summed E-state index contributed by atoms with van der Waals surface area (Å²) in [7, 11) is 0. The summed E-state index contributed by atoms with van der Waals surface area (Å²) in [5.74, 6) is 0. The van der Waals surface area contributed by atoms with Crippen molar-refractivity contribution in [1.82, 2.24) is 4.90 Å². The van der Waals surface area contributed by atoms with Gasteiger partial charge in [-0.2, -0.15) is 0 Å². The van der Waals surface area contributed by atoms with Crippen LogP contribution in [0.3, 0.4) is 0 Å². The first-order chi connectivity index (χ1) is 8.15. The topological polar surface area (TPSA) is 52.7 Å². The second-order valence-electron chi connectivity index (χ2n) is 4.73. The first kappa shape index (κ1) is 12.2. The Morgan fingerprint density at radius 3 is 2.59 bits per heavy atom. The molecule has 0 bridgehead atoms. The Kier molecular flexibility index (Phi) is 3.86. The van der Waals surface area contributed by atoms with E-state index in [-0.39, 0.29) is 6.10 Å². The SMILES string of the molecule is CC(O)CN1CCN(c2cccc(N)c2)CC1. The lowest BCUT2D eigenvalue weighted by molar-refractivity contribution is 0.123. The zero-order valence-electron chi connectivity index (χ0n) is 10.3. The van der Waals surface area contributed by atoms with Gasteiger partial charge >= 0.3 is 0 Å². The number of anilines is 2. The summed E-state index contributed by atoms with van der Waals surface area (Å²) in [6, 6.07) is 8.02. The van der Waals surface area contributed by atoms with Crippen molar-refractivity contribution in [3.63, 3.8) is 0 Å². The van der Waals surface area contributed by atoms with E-state index < -0.39 is 0 Å². The predicted molar refractivity (Wildman–Crippen MR) is 71.2 cm³/mol. The van der Waals surface area contributed by atoms with Crippen LogP contribution >= 0.6 is 0 Å². The molecule has 0 amide bonds. The van der Waals surface area contributed by atoms with Crippen LogP contribution in [0.25, 0.3) is 0 Å². The molecule has 3 N–H and O–H groups in total. The fourth-order valence-electron chi connectivity index (χ4n) is 2.28. The van der Waals surface area contributed by atoms with E-state index in [2.05, 4.69) is 15.9 Å². The molecule has 2 rings (SSSR count). The van der Waals surface area contributed by atoms with Crippen molar-refractivity contribution in [2.24, 2.45) is 0 Å². The van der Waals surface area contributed by atoms with Crippen molar-refractivity contribution in [1.29, 1.82) is 0 Å². The molecule has 4 nitrogen and oxygen atoms in total. The van der Waals surface area contributed by atoms with Gasteiger partial charge in [-0.1, -0.05) is 6.07 Å². The molecular formula is C13H21N3O. The third kappa shape index (κ3) is 3.35. The molecule has 0 saturated carbocycles. The van der Waals surface area contributed by atoms with Gasteiger partial charge in [-0.15, -0.1) is 0 Å². The molecule has 1 aromatic carbocycles. The smallest absolute Gasteiger partial charge is 0.0639 e. The summed E-state index contributed by atoms with van der Waals surface area (Å²) < 4.78 is 0. The number of nitrogens with zero attached hydrogens (tertiary/aromatic N) is 2. The highest BCUT2D eigenvalue weighted by molar-refractivity contribution is 5.56. The molecule has 17 heavy (non-hydrogen) atoms. The Morgan fingerprint density at radius 1 is 1.29 bits per heavy atom. The largest absolute Gasteiger partial charge is 0.399 e. The Bertz CT molecular complexity index is 359. The highest BCUT2D eigenvalue weighted by Crippen LogP contribution is 2.19. The maximum absolute atomic E-state index is 9.35. The summed E-state index contributed by atoms with van der Waals surface area (Å²) in [5.41, 5.74) is 7.80. The number of nitrogen functional groups attached to an aromatic ring is 1. The molecule has 0 radical (unpaired) electrons. The number of benzene rings is 1. The van der Waals surface area contributed by atoms with Gasteiger partial charge in [-0.25, -0.2) is 0 Å². The number of aliphatic hydroxyl groups is 1. The van der Waals surface area contributed by atoms with Crippen LogP contribution in [0, 0.1) is 0 Å². The molecular weight excluding hydrogens is 214 g/mol. The van der Waals surface area contributed by atoms with Gasteiger partial charge in [0, 0.05) is 44.1 Å². The molecule has 4 heteroatoms. The number of piperazine rings is 1. The Labute approximate surface area is 103 Å². The van der Waals surface area contributed by atoms with E-state index in [0.717, 1.165) is 38.4 Å². The van der Waals surface area contributed by atoms with E-state index in [0.29, 0.717) is 0 Å². The fraction of sp³-hybridized carbons (Fsp3) is 0.538. The number of hydrogen-bond acceptors (Lipinski definition) is 4. The quantitative estimate of drug-likeness (QED) is 0.760. The molecule has 1 unspecified atom stereocenters. The minimum atomic E-state index is -0.242. The molecule has 1 aliphatic heterocycles. The van der Waals surface area contributed by atoms with Gasteiger partial charge < -0.3 is 15.7 Å². The van der Waals surface area contributed by atoms with E-state index in [4.69, 9.17) is 5.73 Å². The number of hydrogen-bond donors (Lipinski definition) is 2. The van der Waals surface area contributed by atoms with Crippen LogP contribution in [0.15, 0.2) is 24.3 Å². The third-order valence-corrected chi connectivity index (χ3v) is 3.13. The van der Waals surface area contributed by atoms with Gasteiger partial charge in [0.1, 0.15) is 0 Å². The predicted octanol–water partition coefficient (Wildman–Crippen LogP) is 0.772. The lowest BCUT2D eigenvalue weighted by Crippen LogP contribution is -2.48. The second kappa shape index (κ2) is 5.38. The first-order valence-corrected chi connectivity index (χ1v) is 6.16. The fourth-order valence-corrected chi connectivity index (χ4v) is 2.28. The van der Waals surface area contributed by atoms with Crippen LogP contribution in [0.4, 0.5) is 11.4 Å². The molecule has 0 aliphatic carbocycles. The van der Waals surface area contributed by atoms with Crippen molar-refractivity contribution in [3.8, 4) is 0 Å². The summed E-state index contributed by atoms with van der Waals surface area (Å²) >= 11 is 0.